The van der Waals surface area contributed by atoms with Gasteiger partial charge in [0.1, 0.15) is 5.69 Å². The number of carbonyl (C=O) groups is 1. The van der Waals surface area contributed by atoms with Crippen molar-refractivity contribution in [2.45, 2.75) is 19.4 Å². The van der Waals surface area contributed by atoms with Crippen molar-refractivity contribution in [3.05, 3.63) is 41.0 Å². The van der Waals surface area contributed by atoms with E-state index in [2.05, 4.69) is 37.7 Å². The van der Waals surface area contributed by atoms with Crippen molar-refractivity contribution < 1.29 is 4.79 Å². The highest BCUT2D eigenvalue weighted by Crippen LogP contribution is 2.37. The first-order valence-electron chi connectivity index (χ1n) is 10.5. The zero-order chi connectivity index (χ0) is 21.8. The summed E-state index contributed by atoms with van der Waals surface area (Å²) in [4.78, 5) is 24.6. The van der Waals surface area contributed by atoms with Crippen molar-refractivity contribution in [3.8, 4) is 10.6 Å². The Balaban J connectivity index is 1.46. The number of fused-ring (bicyclic) bond motifs is 1. The summed E-state index contributed by atoms with van der Waals surface area (Å²) < 4.78 is 1.02. The highest BCUT2D eigenvalue weighted by Gasteiger charge is 2.16. The molecule has 3 N–H and O–H groups in total. The van der Waals surface area contributed by atoms with E-state index in [-0.39, 0.29) is 5.91 Å². The first-order valence-corrected chi connectivity index (χ1v) is 11.7. The van der Waals surface area contributed by atoms with Crippen LogP contribution in [0.2, 0.25) is 5.02 Å². The molecule has 7 nitrogen and oxygen atoms in total. The zero-order valence-electron chi connectivity index (χ0n) is 17.7. The van der Waals surface area contributed by atoms with Gasteiger partial charge >= 0.3 is 0 Å². The number of hydrogen-bond donors (Lipinski definition) is 3. The molecule has 0 bridgehead atoms. The molecule has 1 aliphatic heterocycles. The number of aromatic nitrogens is 2. The molecule has 164 valence electrons. The standard InChI is InChI=1S/C22H27ClN6OS/c1-14-13-29(10-8-25-14)9-4-7-26-22-27-12-17(23)20(28-22)19-11-16-15(21(30)24-2)5-3-6-18(16)31-19/h3,5-6,11-12,14,25H,4,7-10,13H2,1-2H3,(H,24,30)(H,26,27,28)/t14-/m0/s1. The van der Waals surface area contributed by atoms with Crippen molar-refractivity contribution in [1.82, 2.24) is 25.5 Å². The zero-order valence-corrected chi connectivity index (χ0v) is 19.3. The van der Waals surface area contributed by atoms with Crippen LogP contribution in [0.4, 0.5) is 5.95 Å². The number of piperazine rings is 1. The summed E-state index contributed by atoms with van der Waals surface area (Å²) in [6.07, 6.45) is 2.65. The minimum absolute atomic E-state index is 0.107. The Hall–Kier alpha value is -2.26. The second-order valence-corrected chi connectivity index (χ2v) is 9.22. The molecule has 0 radical (unpaired) electrons. The third-order valence-electron chi connectivity index (χ3n) is 5.40. The summed E-state index contributed by atoms with van der Waals surface area (Å²) in [6, 6.07) is 8.25. The number of anilines is 1. The molecule has 1 aromatic carbocycles. The number of nitrogens with one attached hydrogen (secondary N) is 3. The van der Waals surface area contributed by atoms with E-state index in [1.165, 1.54) is 0 Å². The molecule has 1 aliphatic rings. The Kier molecular flexibility index (Phi) is 7.02. The molecule has 1 fully saturated rings. The first-order chi connectivity index (χ1) is 15.0. The summed E-state index contributed by atoms with van der Waals surface area (Å²) in [6.45, 7) is 7.31. The van der Waals surface area contributed by atoms with Gasteiger partial charge in [-0.3, -0.25) is 4.79 Å². The van der Waals surface area contributed by atoms with Crippen LogP contribution in [0, 0.1) is 0 Å². The molecular weight excluding hydrogens is 432 g/mol. The van der Waals surface area contributed by atoms with E-state index in [1.807, 2.05) is 24.3 Å². The number of nitrogens with zero attached hydrogens (tertiary/aromatic N) is 3. The predicted molar refractivity (Wildman–Crippen MR) is 128 cm³/mol. The molecule has 0 spiro atoms. The number of amides is 1. The van der Waals surface area contributed by atoms with Gasteiger partial charge in [-0.25, -0.2) is 9.97 Å². The normalized spacial score (nSPS) is 17.1. The van der Waals surface area contributed by atoms with Gasteiger partial charge < -0.3 is 20.9 Å². The van der Waals surface area contributed by atoms with E-state index in [0.29, 0.717) is 28.3 Å². The van der Waals surface area contributed by atoms with Gasteiger partial charge in [0.05, 0.1) is 16.1 Å². The van der Waals surface area contributed by atoms with Gasteiger partial charge in [0.2, 0.25) is 5.95 Å². The van der Waals surface area contributed by atoms with Gasteiger partial charge in [-0.2, -0.15) is 0 Å². The van der Waals surface area contributed by atoms with E-state index in [4.69, 9.17) is 11.6 Å². The Morgan fingerprint density at radius 3 is 3.10 bits per heavy atom. The Morgan fingerprint density at radius 1 is 1.42 bits per heavy atom. The lowest BCUT2D eigenvalue weighted by atomic mass is 10.1. The first kappa shape index (κ1) is 22.0. The van der Waals surface area contributed by atoms with Crippen molar-refractivity contribution in [2.24, 2.45) is 0 Å². The van der Waals surface area contributed by atoms with E-state index < -0.39 is 0 Å². The molecule has 1 amide bonds. The SMILES string of the molecule is CNC(=O)c1cccc2sc(-c3nc(NCCCN4CCN[C@@H](C)C4)ncc3Cl)cc12. The third-order valence-corrected chi connectivity index (χ3v) is 6.78. The lowest BCUT2D eigenvalue weighted by Gasteiger charge is -2.31. The molecule has 9 heteroatoms. The van der Waals surface area contributed by atoms with Crippen LogP contribution in [0.3, 0.4) is 0 Å². The summed E-state index contributed by atoms with van der Waals surface area (Å²) in [5.41, 5.74) is 1.33. The molecule has 3 aromatic rings. The maximum atomic E-state index is 12.2. The summed E-state index contributed by atoms with van der Waals surface area (Å²) >= 11 is 7.99. The van der Waals surface area contributed by atoms with Crippen LogP contribution in [-0.2, 0) is 0 Å². The van der Waals surface area contributed by atoms with Crippen LogP contribution in [0.1, 0.15) is 23.7 Å². The third kappa shape index (κ3) is 5.15. The van der Waals surface area contributed by atoms with Gasteiger partial charge in [-0.15, -0.1) is 11.3 Å². The molecule has 0 saturated carbocycles. The summed E-state index contributed by atoms with van der Waals surface area (Å²) in [7, 11) is 1.64. The van der Waals surface area contributed by atoms with Crippen LogP contribution in [0.25, 0.3) is 20.7 Å². The quantitative estimate of drug-likeness (QED) is 0.470. The minimum atomic E-state index is -0.107. The maximum Gasteiger partial charge on any atom is 0.251 e. The maximum absolute atomic E-state index is 12.2. The number of thiophene rings is 1. The number of benzene rings is 1. The monoisotopic (exact) mass is 458 g/mol. The van der Waals surface area contributed by atoms with Gasteiger partial charge in [0, 0.05) is 54.9 Å². The topological polar surface area (TPSA) is 82.2 Å². The van der Waals surface area contributed by atoms with Crippen molar-refractivity contribution in [2.75, 3.05) is 45.1 Å². The fraction of sp³-hybridized carbons (Fsp3) is 0.409. The molecule has 2 aromatic heterocycles. The molecule has 0 unspecified atom stereocenters. The van der Waals surface area contributed by atoms with Crippen molar-refractivity contribution in [1.29, 1.82) is 0 Å². The second kappa shape index (κ2) is 9.91. The predicted octanol–water partition coefficient (Wildman–Crippen LogP) is 3.47. The molecule has 1 atom stereocenters. The van der Waals surface area contributed by atoms with E-state index in [0.717, 1.165) is 54.1 Å². The van der Waals surface area contributed by atoms with Crippen LogP contribution in [-0.4, -0.2) is 66.6 Å². The Labute approximate surface area is 191 Å². The van der Waals surface area contributed by atoms with Gasteiger partial charge in [0.25, 0.3) is 5.91 Å². The van der Waals surface area contributed by atoms with Gasteiger partial charge in [-0.05, 0) is 38.1 Å². The average molecular weight is 459 g/mol. The van der Waals surface area contributed by atoms with Crippen LogP contribution in [0.5, 0.6) is 0 Å². The van der Waals surface area contributed by atoms with Crippen molar-refractivity contribution >= 4 is 44.9 Å². The van der Waals surface area contributed by atoms with E-state index in [9.17, 15) is 4.79 Å². The molecular formula is C22H27ClN6OS. The molecule has 0 aliphatic carbocycles. The number of carbonyl (C=O) groups excluding carboxylic acids is 1. The minimum Gasteiger partial charge on any atom is -0.355 e. The van der Waals surface area contributed by atoms with Crippen LogP contribution >= 0.6 is 22.9 Å². The Morgan fingerprint density at radius 2 is 2.29 bits per heavy atom. The molecule has 4 rings (SSSR count). The van der Waals surface area contributed by atoms with Gasteiger partial charge in [0.15, 0.2) is 0 Å². The fourth-order valence-electron chi connectivity index (χ4n) is 3.85. The molecule has 1 saturated heterocycles. The second-order valence-electron chi connectivity index (χ2n) is 7.73. The number of halogens is 1. The highest BCUT2D eigenvalue weighted by atomic mass is 35.5. The molecule has 3 heterocycles. The Bertz CT molecular complexity index is 1070. The smallest absolute Gasteiger partial charge is 0.251 e. The highest BCUT2D eigenvalue weighted by molar-refractivity contribution is 7.22. The van der Waals surface area contributed by atoms with Gasteiger partial charge in [-0.1, -0.05) is 17.7 Å². The lowest BCUT2D eigenvalue weighted by Crippen LogP contribution is -2.49. The summed E-state index contributed by atoms with van der Waals surface area (Å²) in [5.74, 6) is 0.460. The number of hydrogen-bond acceptors (Lipinski definition) is 7. The van der Waals surface area contributed by atoms with Crippen molar-refractivity contribution in [3.63, 3.8) is 0 Å². The van der Waals surface area contributed by atoms with Crippen LogP contribution < -0.4 is 16.0 Å². The molecule has 31 heavy (non-hydrogen) atoms. The number of rotatable bonds is 7. The largest absolute Gasteiger partial charge is 0.355 e. The average Bonchev–Trinajstić information content (AvgIpc) is 3.21. The van der Waals surface area contributed by atoms with Crippen LogP contribution in [0.15, 0.2) is 30.5 Å². The van der Waals surface area contributed by atoms with E-state index in [1.54, 1.807) is 24.6 Å². The summed E-state index contributed by atoms with van der Waals surface area (Å²) in [5, 5.41) is 10.9. The lowest BCUT2D eigenvalue weighted by molar-refractivity contribution is 0.0965. The fourth-order valence-corrected chi connectivity index (χ4v) is 5.19. The van der Waals surface area contributed by atoms with E-state index >= 15 is 0 Å².